The Morgan fingerprint density at radius 3 is 2.48 bits per heavy atom. The second kappa shape index (κ2) is 7.11. The van der Waals surface area contributed by atoms with E-state index in [-0.39, 0.29) is 29.6 Å². The summed E-state index contributed by atoms with van der Waals surface area (Å²) in [4.78, 5) is 10.8. The van der Waals surface area contributed by atoms with E-state index in [4.69, 9.17) is 16.3 Å². The van der Waals surface area contributed by atoms with E-state index in [2.05, 4.69) is 10.0 Å². The van der Waals surface area contributed by atoms with Crippen LogP contribution in [0.1, 0.15) is 18.1 Å². The van der Waals surface area contributed by atoms with Crippen molar-refractivity contribution in [3.63, 3.8) is 0 Å². The van der Waals surface area contributed by atoms with E-state index in [0.717, 1.165) is 5.56 Å². The number of halogens is 1. The van der Waals surface area contributed by atoms with Gasteiger partial charge in [-0.3, -0.25) is 4.79 Å². The molecule has 0 atom stereocenters. The number of carbonyl (C=O) groups excluding carboxylic acids is 1. The second-order valence-electron chi connectivity index (χ2n) is 4.54. The number of carbonyl (C=O) groups is 1. The van der Waals surface area contributed by atoms with E-state index < -0.39 is 10.0 Å². The first-order chi connectivity index (χ1) is 9.70. The lowest BCUT2D eigenvalue weighted by atomic mass is 10.1. The van der Waals surface area contributed by atoms with Gasteiger partial charge in [0.15, 0.2) is 0 Å². The van der Waals surface area contributed by atoms with Gasteiger partial charge in [0.2, 0.25) is 15.9 Å². The van der Waals surface area contributed by atoms with Crippen molar-refractivity contribution < 1.29 is 17.9 Å². The van der Waals surface area contributed by atoms with Crippen molar-refractivity contribution in [1.82, 2.24) is 10.0 Å². The Labute approximate surface area is 129 Å². The maximum absolute atomic E-state index is 12.4. The molecule has 0 fully saturated rings. The van der Waals surface area contributed by atoms with E-state index in [1.807, 2.05) is 0 Å². The summed E-state index contributed by atoms with van der Waals surface area (Å²) in [5.74, 6) is 0.0165. The summed E-state index contributed by atoms with van der Waals surface area (Å²) in [5.41, 5.74) is 1.17. The molecule has 0 heterocycles. The molecule has 0 aliphatic rings. The smallest absolute Gasteiger partial charge is 0.244 e. The highest BCUT2D eigenvalue weighted by Gasteiger charge is 2.24. The first-order valence-electron chi connectivity index (χ1n) is 6.28. The van der Waals surface area contributed by atoms with Crippen LogP contribution >= 0.6 is 11.6 Å². The van der Waals surface area contributed by atoms with Crippen molar-refractivity contribution in [3.8, 4) is 5.75 Å². The van der Waals surface area contributed by atoms with Crippen LogP contribution in [0.25, 0.3) is 0 Å². The first-order valence-corrected chi connectivity index (χ1v) is 8.14. The van der Waals surface area contributed by atoms with Crippen molar-refractivity contribution in [2.75, 3.05) is 20.2 Å². The number of hydrogen-bond donors (Lipinski definition) is 2. The molecule has 2 N–H and O–H groups in total. The van der Waals surface area contributed by atoms with E-state index in [1.165, 1.54) is 14.0 Å². The largest absolute Gasteiger partial charge is 0.495 e. The van der Waals surface area contributed by atoms with Crippen LogP contribution in [0.15, 0.2) is 11.0 Å². The van der Waals surface area contributed by atoms with Gasteiger partial charge in [-0.05, 0) is 31.0 Å². The molecule has 1 aromatic rings. The van der Waals surface area contributed by atoms with Gasteiger partial charge in [0, 0.05) is 25.0 Å². The van der Waals surface area contributed by atoms with Crippen molar-refractivity contribution in [2.24, 2.45) is 0 Å². The number of aryl methyl sites for hydroxylation is 1. The van der Waals surface area contributed by atoms with Gasteiger partial charge in [0.1, 0.15) is 10.6 Å². The van der Waals surface area contributed by atoms with Gasteiger partial charge in [-0.2, -0.15) is 0 Å². The van der Waals surface area contributed by atoms with Crippen LogP contribution in [0.4, 0.5) is 0 Å². The van der Waals surface area contributed by atoms with Crippen LogP contribution in [0.5, 0.6) is 5.75 Å². The molecule has 0 aliphatic heterocycles. The van der Waals surface area contributed by atoms with Crippen LogP contribution in [0.3, 0.4) is 0 Å². The monoisotopic (exact) mass is 334 g/mol. The van der Waals surface area contributed by atoms with Crippen LogP contribution in [-0.2, 0) is 14.8 Å². The Morgan fingerprint density at radius 1 is 1.33 bits per heavy atom. The fourth-order valence-corrected chi connectivity index (χ4v) is 3.52. The standard InChI is InChI=1S/C13H19ClN2O4S/c1-8-7-11(20-4)13(9(2)12(8)14)21(18,19)16-6-5-15-10(3)17/h7,16H,5-6H2,1-4H3,(H,15,17). The molecular formula is C13H19ClN2O4S. The van der Waals surface area contributed by atoms with Crippen LogP contribution in [-0.4, -0.2) is 34.5 Å². The zero-order chi connectivity index (χ0) is 16.2. The first kappa shape index (κ1) is 17.7. The van der Waals surface area contributed by atoms with Crippen LogP contribution in [0.2, 0.25) is 5.02 Å². The summed E-state index contributed by atoms with van der Waals surface area (Å²) >= 11 is 6.12. The van der Waals surface area contributed by atoms with Gasteiger partial charge in [-0.15, -0.1) is 0 Å². The molecule has 6 nitrogen and oxygen atoms in total. The zero-order valence-electron chi connectivity index (χ0n) is 12.4. The van der Waals surface area contributed by atoms with Gasteiger partial charge in [-0.1, -0.05) is 11.6 Å². The summed E-state index contributed by atoms with van der Waals surface area (Å²) in [6.45, 7) is 5.05. The third-order valence-electron chi connectivity index (χ3n) is 2.87. The lowest BCUT2D eigenvalue weighted by Crippen LogP contribution is -2.34. The summed E-state index contributed by atoms with van der Waals surface area (Å²) in [7, 11) is -2.38. The minimum Gasteiger partial charge on any atom is -0.495 e. The number of amides is 1. The van der Waals surface area contributed by atoms with E-state index in [0.29, 0.717) is 10.6 Å². The maximum Gasteiger partial charge on any atom is 0.244 e. The minimum absolute atomic E-state index is 0.0171. The van der Waals surface area contributed by atoms with E-state index >= 15 is 0 Å². The molecule has 0 saturated carbocycles. The summed E-state index contributed by atoms with van der Waals surface area (Å²) in [6, 6.07) is 1.58. The topological polar surface area (TPSA) is 84.5 Å². The van der Waals surface area contributed by atoms with Gasteiger partial charge < -0.3 is 10.1 Å². The molecule has 0 spiro atoms. The predicted molar refractivity (Wildman–Crippen MR) is 81.4 cm³/mol. The van der Waals surface area contributed by atoms with Crippen LogP contribution in [0, 0.1) is 13.8 Å². The fraction of sp³-hybridized carbons (Fsp3) is 0.462. The molecule has 0 unspecified atom stereocenters. The van der Waals surface area contributed by atoms with Gasteiger partial charge in [0.25, 0.3) is 0 Å². The van der Waals surface area contributed by atoms with E-state index in [9.17, 15) is 13.2 Å². The highest BCUT2D eigenvalue weighted by molar-refractivity contribution is 7.89. The molecule has 0 aliphatic carbocycles. The van der Waals surface area contributed by atoms with Gasteiger partial charge in [0.05, 0.1) is 7.11 Å². The Balaban J connectivity index is 3.08. The molecule has 0 saturated heterocycles. The minimum atomic E-state index is -3.78. The molecular weight excluding hydrogens is 316 g/mol. The van der Waals surface area contributed by atoms with Crippen molar-refractivity contribution >= 4 is 27.5 Å². The van der Waals surface area contributed by atoms with Gasteiger partial charge in [-0.25, -0.2) is 13.1 Å². The number of benzene rings is 1. The Kier molecular flexibility index (Phi) is 6.00. The Morgan fingerprint density at radius 2 is 1.95 bits per heavy atom. The molecule has 8 heteroatoms. The normalized spacial score (nSPS) is 11.3. The molecule has 1 aromatic carbocycles. The van der Waals surface area contributed by atoms with Crippen molar-refractivity contribution in [3.05, 3.63) is 22.2 Å². The number of rotatable bonds is 6. The molecule has 1 amide bonds. The summed E-state index contributed by atoms with van der Waals surface area (Å²) in [5, 5.41) is 2.90. The predicted octanol–water partition coefficient (Wildman–Crippen LogP) is 1.38. The molecule has 118 valence electrons. The molecule has 0 bridgehead atoms. The number of sulfonamides is 1. The van der Waals surface area contributed by atoms with Crippen molar-refractivity contribution in [1.29, 1.82) is 0 Å². The number of hydrogen-bond acceptors (Lipinski definition) is 4. The second-order valence-corrected chi connectivity index (χ2v) is 6.63. The highest BCUT2D eigenvalue weighted by Crippen LogP contribution is 2.34. The third-order valence-corrected chi connectivity index (χ3v) is 5.08. The van der Waals surface area contributed by atoms with E-state index in [1.54, 1.807) is 19.9 Å². The maximum atomic E-state index is 12.4. The van der Waals surface area contributed by atoms with Crippen molar-refractivity contribution in [2.45, 2.75) is 25.7 Å². The summed E-state index contributed by atoms with van der Waals surface area (Å²) in [6.07, 6.45) is 0. The number of methoxy groups -OCH3 is 1. The Hall–Kier alpha value is -1.31. The number of ether oxygens (including phenoxy) is 1. The molecule has 1 rings (SSSR count). The SMILES string of the molecule is COc1cc(C)c(Cl)c(C)c1S(=O)(=O)NCCNC(C)=O. The van der Waals surface area contributed by atoms with Crippen LogP contribution < -0.4 is 14.8 Å². The third kappa shape index (κ3) is 4.33. The fourth-order valence-electron chi connectivity index (χ4n) is 1.89. The average Bonchev–Trinajstić information content (AvgIpc) is 2.39. The van der Waals surface area contributed by atoms with Gasteiger partial charge >= 0.3 is 0 Å². The quantitative estimate of drug-likeness (QED) is 0.770. The lowest BCUT2D eigenvalue weighted by molar-refractivity contribution is -0.118. The average molecular weight is 335 g/mol. The molecule has 21 heavy (non-hydrogen) atoms. The lowest BCUT2D eigenvalue weighted by Gasteiger charge is -2.16. The molecule has 0 aromatic heterocycles. The molecule has 0 radical (unpaired) electrons. The Bertz CT molecular complexity index is 644. The number of nitrogens with one attached hydrogen (secondary N) is 2. The highest BCUT2D eigenvalue weighted by atomic mass is 35.5. The zero-order valence-corrected chi connectivity index (χ0v) is 14.0. The summed E-state index contributed by atoms with van der Waals surface area (Å²) < 4.78 is 32.3.